The van der Waals surface area contributed by atoms with Crippen LogP contribution < -0.4 is 14.4 Å². The van der Waals surface area contributed by atoms with Crippen LogP contribution in [-0.4, -0.2) is 51.4 Å². The SMILES string of the molecule is COc1cccc(CN(C(=O)CN(c2cccc(C(F)(F)F)c2)S(=O)(=O)c2ccccc2)[C@H](C)C(=O)NCC(C)C)c1. The summed E-state index contributed by atoms with van der Waals surface area (Å²) in [6, 6.07) is 16.6. The first kappa shape index (κ1) is 32.5. The highest BCUT2D eigenvalue weighted by atomic mass is 32.2. The Kier molecular flexibility index (Phi) is 10.6. The Morgan fingerprint density at radius 3 is 2.21 bits per heavy atom. The maximum Gasteiger partial charge on any atom is 0.416 e. The summed E-state index contributed by atoms with van der Waals surface area (Å²) in [5.74, 6) is -0.608. The summed E-state index contributed by atoms with van der Waals surface area (Å²) in [5.41, 5.74) is -0.821. The molecule has 0 radical (unpaired) electrons. The zero-order valence-corrected chi connectivity index (χ0v) is 24.6. The fourth-order valence-corrected chi connectivity index (χ4v) is 5.52. The van der Waals surface area contributed by atoms with Gasteiger partial charge in [0.1, 0.15) is 18.3 Å². The average Bonchev–Trinajstić information content (AvgIpc) is 2.97. The number of hydrogen-bond acceptors (Lipinski definition) is 5. The molecule has 3 aromatic rings. The van der Waals surface area contributed by atoms with E-state index in [4.69, 9.17) is 4.74 Å². The highest BCUT2D eigenvalue weighted by Gasteiger charge is 2.35. The topological polar surface area (TPSA) is 96.0 Å². The van der Waals surface area contributed by atoms with E-state index in [-0.39, 0.29) is 23.0 Å². The van der Waals surface area contributed by atoms with Gasteiger partial charge in [-0.1, -0.05) is 50.2 Å². The number of amides is 2. The Morgan fingerprint density at radius 2 is 1.60 bits per heavy atom. The van der Waals surface area contributed by atoms with Gasteiger partial charge in [0, 0.05) is 13.1 Å². The lowest BCUT2D eigenvalue weighted by Gasteiger charge is -2.32. The predicted octanol–water partition coefficient (Wildman–Crippen LogP) is 5.10. The van der Waals surface area contributed by atoms with Crippen LogP contribution in [0.2, 0.25) is 0 Å². The first-order valence-corrected chi connectivity index (χ1v) is 14.6. The van der Waals surface area contributed by atoms with E-state index < -0.39 is 46.2 Å². The quantitative estimate of drug-likeness (QED) is 0.310. The van der Waals surface area contributed by atoms with Gasteiger partial charge in [0.05, 0.1) is 23.3 Å². The third-order valence-corrected chi connectivity index (χ3v) is 8.20. The van der Waals surface area contributed by atoms with Crippen molar-refractivity contribution in [1.82, 2.24) is 10.2 Å². The standard InChI is InChI=1S/C30H34F3N3O5S/c1-21(2)18-34-29(38)22(3)35(19-23-10-8-13-26(16-23)41-4)28(37)20-36(42(39,40)27-14-6-5-7-15-27)25-12-9-11-24(17-25)30(31,32)33/h5-17,21-22H,18-20H2,1-4H3,(H,34,38)/t22-/m1/s1. The number of nitrogens with one attached hydrogen (secondary N) is 1. The van der Waals surface area contributed by atoms with E-state index in [0.717, 1.165) is 12.1 Å². The smallest absolute Gasteiger partial charge is 0.416 e. The highest BCUT2D eigenvalue weighted by Crippen LogP contribution is 2.33. The van der Waals surface area contributed by atoms with Gasteiger partial charge in [0.25, 0.3) is 10.0 Å². The third-order valence-electron chi connectivity index (χ3n) is 6.41. The van der Waals surface area contributed by atoms with Crippen molar-refractivity contribution in [1.29, 1.82) is 0 Å². The molecule has 0 heterocycles. The summed E-state index contributed by atoms with van der Waals surface area (Å²) in [7, 11) is -3.02. The van der Waals surface area contributed by atoms with Gasteiger partial charge < -0.3 is 15.0 Å². The Morgan fingerprint density at radius 1 is 0.929 bits per heavy atom. The number of sulfonamides is 1. The lowest BCUT2D eigenvalue weighted by molar-refractivity contribution is -0.139. The number of methoxy groups -OCH3 is 1. The van der Waals surface area contributed by atoms with Crippen LogP contribution in [0.4, 0.5) is 18.9 Å². The molecule has 0 saturated heterocycles. The molecule has 1 atom stereocenters. The zero-order chi connectivity index (χ0) is 31.1. The third kappa shape index (κ3) is 8.25. The minimum atomic E-state index is -4.75. The number of hydrogen-bond donors (Lipinski definition) is 1. The molecule has 42 heavy (non-hydrogen) atoms. The van der Waals surface area contributed by atoms with E-state index in [1.165, 1.54) is 49.3 Å². The number of benzene rings is 3. The molecule has 0 aliphatic rings. The summed E-state index contributed by atoms with van der Waals surface area (Å²) in [6.45, 7) is 4.73. The van der Waals surface area contributed by atoms with Crippen molar-refractivity contribution < 1.29 is 35.9 Å². The van der Waals surface area contributed by atoms with Gasteiger partial charge in [0.15, 0.2) is 0 Å². The van der Waals surface area contributed by atoms with Gasteiger partial charge in [-0.05, 0) is 60.9 Å². The number of alkyl halides is 3. The Hall–Kier alpha value is -4.06. The molecule has 0 fully saturated rings. The maximum absolute atomic E-state index is 13.9. The monoisotopic (exact) mass is 605 g/mol. The Balaban J connectivity index is 2.07. The van der Waals surface area contributed by atoms with Crippen LogP contribution in [-0.2, 0) is 32.3 Å². The molecule has 8 nitrogen and oxygen atoms in total. The minimum Gasteiger partial charge on any atom is -0.497 e. The maximum atomic E-state index is 13.9. The van der Waals surface area contributed by atoms with Crippen molar-refractivity contribution >= 4 is 27.5 Å². The fraction of sp³-hybridized carbons (Fsp3) is 0.333. The largest absolute Gasteiger partial charge is 0.497 e. The van der Waals surface area contributed by atoms with E-state index in [0.29, 0.717) is 28.2 Å². The average molecular weight is 606 g/mol. The molecule has 3 aromatic carbocycles. The second-order valence-electron chi connectivity index (χ2n) is 10.1. The van der Waals surface area contributed by atoms with E-state index in [1.54, 1.807) is 30.3 Å². The zero-order valence-electron chi connectivity index (χ0n) is 23.8. The highest BCUT2D eigenvalue weighted by molar-refractivity contribution is 7.92. The molecular formula is C30H34F3N3O5S. The summed E-state index contributed by atoms with van der Waals surface area (Å²) in [5, 5.41) is 2.78. The summed E-state index contributed by atoms with van der Waals surface area (Å²) >= 11 is 0. The van der Waals surface area contributed by atoms with Crippen LogP contribution in [0, 0.1) is 5.92 Å². The van der Waals surface area contributed by atoms with E-state index >= 15 is 0 Å². The second-order valence-corrected chi connectivity index (χ2v) is 11.9. The van der Waals surface area contributed by atoms with Crippen molar-refractivity contribution in [3.8, 4) is 5.75 Å². The molecule has 0 aliphatic heterocycles. The first-order chi connectivity index (χ1) is 19.7. The van der Waals surface area contributed by atoms with Crippen molar-refractivity contribution in [2.45, 2.75) is 44.4 Å². The number of carbonyl (C=O) groups excluding carboxylic acids is 2. The Labute approximate surface area is 244 Å². The normalized spacial score (nSPS) is 12.5. The molecule has 0 aromatic heterocycles. The summed E-state index contributed by atoms with van der Waals surface area (Å²) in [6.07, 6.45) is -4.75. The van der Waals surface area contributed by atoms with E-state index in [2.05, 4.69) is 5.32 Å². The molecule has 3 rings (SSSR count). The molecule has 12 heteroatoms. The van der Waals surface area contributed by atoms with Crippen LogP contribution >= 0.6 is 0 Å². The van der Waals surface area contributed by atoms with Gasteiger partial charge in [0.2, 0.25) is 11.8 Å². The van der Waals surface area contributed by atoms with Crippen molar-refractivity contribution in [3.63, 3.8) is 0 Å². The van der Waals surface area contributed by atoms with E-state index in [9.17, 15) is 31.2 Å². The molecule has 0 bridgehead atoms. The summed E-state index contributed by atoms with van der Waals surface area (Å²) in [4.78, 5) is 28.0. The molecule has 0 saturated carbocycles. The minimum absolute atomic E-state index is 0.0892. The van der Waals surface area contributed by atoms with Gasteiger partial charge >= 0.3 is 6.18 Å². The van der Waals surface area contributed by atoms with Gasteiger partial charge in [-0.3, -0.25) is 13.9 Å². The lowest BCUT2D eigenvalue weighted by atomic mass is 10.1. The number of nitrogens with zero attached hydrogens (tertiary/aromatic N) is 2. The molecule has 0 spiro atoms. The second kappa shape index (κ2) is 13.7. The fourth-order valence-electron chi connectivity index (χ4n) is 4.09. The number of anilines is 1. The van der Waals surface area contributed by atoms with Gasteiger partial charge in [-0.15, -0.1) is 0 Å². The number of ether oxygens (including phenoxy) is 1. The first-order valence-electron chi connectivity index (χ1n) is 13.2. The number of halogens is 3. The van der Waals surface area contributed by atoms with Crippen molar-refractivity contribution in [2.24, 2.45) is 5.92 Å². The van der Waals surface area contributed by atoms with Gasteiger partial charge in [-0.2, -0.15) is 13.2 Å². The molecule has 2 amide bonds. The Bertz CT molecular complexity index is 1480. The van der Waals surface area contributed by atoms with Crippen LogP contribution in [0.5, 0.6) is 5.75 Å². The van der Waals surface area contributed by atoms with E-state index in [1.807, 2.05) is 13.8 Å². The summed E-state index contributed by atoms with van der Waals surface area (Å²) < 4.78 is 74.1. The van der Waals surface area contributed by atoms with Crippen LogP contribution in [0.15, 0.2) is 83.8 Å². The molecule has 0 unspecified atom stereocenters. The van der Waals surface area contributed by atoms with Gasteiger partial charge in [-0.25, -0.2) is 8.42 Å². The van der Waals surface area contributed by atoms with Crippen molar-refractivity contribution in [2.75, 3.05) is 24.5 Å². The predicted molar refractivity (Wildman–Crippen MR) is 153 cm³/mol. The number of carbonyl (C=O) groups is 2. The number of rotatable bonds is 12. The molecule has 226 valence electrons. The lowest BCUT2D eigenvalue weighted by Crippen LogP contribution is -2.51. The molecule has 0 aliphatic carbocycles. The van der Waals surface area contributed by atoms with Crippen molar-refractivity contribution in [3.05, 3.63) is 90.0 Å². The van der Waals surface area contributed by atoms with Crippen LogP contribution in [0.25, 0.3) is 0 Å². The van der Waals surface area contributed by atoms with Crippen LogP contribution in [0.1, 0.15) is 31.9 Å². The van der Waals surface area contributed by atoms with Crippen LogP contribution in [0.3, 0.4) is 0 Å². The molecule has 1 N–H and O–H groups in total. The molecular weight excluding hydrogens is 571 g/mol.